The fourth-order valence-electron chi connectivity index (χ4n) is 3.16. The van der Waals surface area contributed by atoms with Crippen LogP contribution in [0.2, 0.25) is 0 Å². The van der Waals surface area contributed by atoms with Gasteiger partial charge in [0.05, 0.1) is 16.5 Å². The van der Waals surface area contributed by atoms with Gasteiger partial charge >= 0.3 is 0 Å². The number of hydrogen-bond donors (Lipinski definition) is 1. The topological polar surface area (TPSA) is 72.7 Å². The number of fused-ring (bicyclic) bond motifs is 2. The fourth-order valence-corrected chi connectivity index (χ4v) is 3.16. The molecule has 1 N–H and O–H groups in total. The number of aryl methyl sites for hydroxylation is 2. The molecule has 1 aromatic carbocycles. The summed E-state index contributed by atoms with van der Waals surface area (Å²) >= 11 is 0. The van der Waals surface area contributed by atoms with E-state index in [1.54, 1.807) is 24.5 Å². The number of nitrogens with zero attached hydrogens (tertiary/aromatic N) is 4. The molecule has 0 radical (unpaired) electrons. The van der Waals surface area contributed by atoms with E-state index < -0.39 is 0 Å². The lowest BCUT2D eigenvalue weighted by atomic mass is 10.1. The molecule has 0 unspecified atom stereocenters. The van der Waals surface area contributed by atoms with Crippen molar-refractivity contribution in [3.05, 3.63) is 59.9 Å². The normalized spacial score (nSPS) is 11.2. The zero-order valence-electron chi connectivity index (χ0n) is 15.4. The molecule has 6 heteroatoms. The second kappa shape index (κ2) is 7.15. The van der Waals surface area contributed by atoms with Gasteiger partial charge in [-0.3, -0.25) is 9.78 Å². The largest absolute Gasteiger partial charge is 0.304 e. The van der Waals surface area contributed by atoms with E-state index in [9.17, 15) is 4.79 Å². The number of aromatic nitrogens is 4. The molecule has 4 rings (SSSR count). The maximum Gasteiger partial charge on any atom is 0.258 e. The van der Waals surface area contributed by atoms with Crippen molar-refractivity contribution >= 4 is 33.7 Å². The minimum absolute atomic E-state index is 0.227. The average molecular weight is 359 g/mol. The Labute approximate surface area is 157 Å². The van der Waals surface area contributed by atoms with Crippen LogP contribution in [-0.2, 0) is 6.54 Å². The Kier molecular flexibility index (Phi) is 4.54. The summed E-state index contributed by atoms with van der Waals surface area (Å²) in [6.45, 7) is 4.96. The van der Waals surface area contributed by atoms with Crippen LogP contribution in [-0.4, -0.2) is 25.7 Å². The molecule has 3 aromatic heterocycles. The minimum atomic E-state index is -0.227. The van der Waals surface area contributed by atoms with E-state index in [4.69, 9.17) is 4.98 Å². The third-order valence-electron chi connectivity index (χ3n) is 4.63. The number of nitrogens with one attached hydrogen (secondary N) is 1. The number of unbranched alkanes of at least 4 members (excludes halogenated alkanes) is 1. The number of carbonyl (C=O) groups excluding carboxylic acids is 1. The summed E-state index contributed by atoms with van der Waals surface area (Å²) in [6.07, 6.45) is 5.25. The first-order valence-electron chi connectivity index (χ1n) is 9.15. The van der Waals surface area contributed by atoms with Crippen molar-refractivity contribution in [2.75, 3.05) is 5.32 Å². The van der Waals surface area contributed by atoms with Gasteiger partial charge in [-0.05, 0) is 37.1 Å². The summed E-state index contributed by atoms with van der Waals surface area (Å²) in [5.41, 5.74) is 3.39. The fraction of sp³-hybridized carbons (Fsp3) is 0.238. The third kappa shape index (κ3) is 3.26. The first-order chi connectivity index (χ1) is 13.2. The van der Waals surface area contributed by atoms with Crippen molar-refractivity contribution in [2.24, 2.45) is 0 Å². The van der Waals surface area contributed by atoms with Gasteiger partial charge < -0.3 is 5.32 Å². The Morgan fingerprint density at radius 2 is 2.11 bits per heavy atom. The first kappa shape index (κ1) is 17.1. The number of amides is 1. The molecule has 4 aromatic rings. The van der Waals surface area contributed by atoms with Crippen LogP contribution in [0.1, 0.15) is 35.7 Å². The van der Waals surface area contributed by atoms with Crippen molar-refractivity contribution in [1.29, 1.82) is 0 Å². The summed E-state index contributed by atoms with van der Waals surface area (Å²) in [5.74, 6) is 0.306. The molecule has 0 aliphatic heterocycles. The van der Waals surface area contributed by atoms with E-state index in [0.29, 0.717) is 11.4 Å². The zero-order valence-corrected chi connectivity index (χ0v) is 15.4. The summed E-state index contributed by atoms with van der Waals surface area (Å²) in [6, 6.07) is 11.6. The van der Waals surface area contributed by atoms with Crippen molar-refractivity contribution in [3.63, 3.8) is 0 Å². The molecule has 0 aliphatic rings. The lowest BCUT2D eigenvalue weighted by Gasteiger charge is -2.04. The third-order valence-corrected chi connectivity index (χ3v) is 4.63. The smallest absolute Gasteiger partial charge is 0.258 e. The Hall–Kier alpha value is -3.28. The molecule has 0 atom stereocenters. The van der Waals surface area contributed by atoms with Crippen LogP contribution in [0.25, 0.3) is 21.9 Å². The Bertz CT molecular complexity index is 1120. The molecule has 27 heavy (non-hydrogen) atoms. The molecular formula is C21H21N5O. The van der Waals surface area contributed by atoms with Crippen molar-refractivity contribution in [1.82, 2.24) is 19.7 Å². The van der Waals surface area contributed by atoms with Gasteiger partial charge in [-0.25, -0.2) is 9.67 Å². The summed E-state index contributed by atoms with van der Waals surface area (Å²) in [5, 5.41) is 9.46. The maximum atomic E-state index is 12.6. The van der Waals surface area contributed by atoms with Crippen LogP contribution in [0.4, 0.5) is 5.82 Å². The van der Waals surface area contributed by atoms with E-state index >= 15 is 0 Å². The first-order valence-corrected chi connectivity index (χ1v) is 9.15. The average Bonchev–Trinajstić information content (AvgIpc) is 3.02. The van der Waals surface area contributed by atoms with E-state index in [2.05, 4.69) is 41.4 Å². The standard InChI is InChI=1S/C21H21N5O/c1-3-4-11-26-20-17(12-15-8-5-7-14(2)18(15)23-20)19(25-26)24-21(27)16-9-6-10-22-13-16/h5-10,12-13H,3-4,11H2,1-2H3,(H,24,25,27). The molecule has 0 aliphatic carbocycles. The predicted octanol–water partition coefficient (Wildman–Crippen LogP) is 4.34. The maximum absolute atomic E-state index is 12.6. The number of para-hydroxylation sites is 1. The van der Waals surface area contributed by atoms with E-state index in [1.807, 2.05) is 16.8 Å². The summed E-state index contributed by atoms with van der Waals surface area (Å²) in [7, 11) is 0. The van der Waals surface area contributed by atoms with E-state index in [0.717, 1.165) is 46.9 Å². The van der Waals surface area contributed by atoms with Gasteiger partial charge in [0.15, 0.2) is 11.5 Å². The molecule has 0 saturated carbocycles. The minimum Gasteiger partial charge on any atom is -0.304 e. The number of benzene rings is 1. The zero-order chi connectivity index (χ0) is 18.8. The van der Waals surface area contributed by atoms with Gasteiger partial charge in [-0.2, -0.15) is 5.10 Å². The highest BCUT2D eigenvalue weighted by Gasteiger charge is 2.16. The lowest BCUT2D eigenvalue weighted by molar-refractivity contribution is 0.102. The van der Waals surface area contributed by atoms with Gasteiger partial charge in [0.2, 0.25) is 0 Å². The molecular weight excluding hydrogens is 338 g/mol. The Morgan fingerprint density at radius 1 is 1.22 bits per heavy atom. The predicted molar refractivity (Wildman–Crippen MR) is 107 cm³/mol. The van der Waals surface area contributed by atoms with E-state index in [-0.39, 0.29) is 5.91 Å². The van der Waals surface area contributed by atoms with Crippen molar-refractivity contribution in [2.45, 2.75) is 33.2 Å². The van der Waals surface area contributed by atoms with Gasteiger partial charge in [0.1, 0.15) is 0 Å². The monoisotopic (exact) mass is 359 g/mol. The van der Waals surface area contributed by atoms with Gasteiger partial charge in [0, 0.05) is 24.3 Å². The quantitative estimate of drug-likeness (QED) is 0.575. The number of hydrogen-bond acceptors (Lipinski definition) is 4. The molecule has 1 amide bonds. The van der Waals surface area contributed by atoms with Gasteiger partial charge in [-0.15, -0.1) is 0 Å². The van der Waals surface area contributed by atoms with Crippen LogP contribution in [0.15, 0.2) is 48.8 Å². The van der Waals surface area contributed by atoms with Gasteiger partial charge in [0.25, 0.3) is 5.91 Å². The van der Waals surface area contributed by atoms with Crippen molar-refractivity contribution in [3.8, 4) is 0 Å². The van der Waals surface area contributed by atoms with Crippen molar-refractivity contribution < 1.29 is 4.79 Å². The lowest BCUT2D eigenvalue weighted by Crippen LogP contribution is -2.13. The number of pyridine rings is 2. The van der Waals surface area contributed by atoms with E-state index in [1.165, 1.54) is 0 Å². The Morgan fingerprint density at radius 3 is 2.89 bits per heavy atom. The number of anilines is 1. The molecule has 0 saturated heterocycles. The second-order valence-corrected chi connectivity index (χ2v) is 6.63. The van der Waals surface area contributed by atoms with Crippen LogP contribution in [0, 0.1) is 6.92 Å². The van der Waals surface area contributed by atoms with Crippen LogP contribution >= 0.6 is 0 Å². The molecule has 6 nitrogen and oxygen atoms in total. The molecule has 0 fully saturated rings. The molecule has 0 bridgehead atoms. The highest BCUT2D eigenvalue weighted by molar-refractivity contribution is 6.08. The second-order valence-electron chi connectivity index (χ2n) is 6.63. The highest BCUT2D eigenvalue weighted by Crippen LogP contribution is 2.28. The number of rotatable bonds is 5. The van der Waals surface area contributed by atoms with Crippen LogP contribution < -0.4 is 5.32 Å². The summed E-state index contributed by atoms with van der Waals surface area (Å²) in [4.78, 5) is 21.5. The summed E-state index contributed by atoms with van der Waals surface area (Å²) < 4.78 is 1.89. The number of carbonyl (C=O) groups is 1. The molecule has 3 heterocycles. The highest BCUT2D eigenvalue weighted by atomic mass is 16.1. The van der Waals surface area contributed by atoms with Gasteiger partial charge in [-0.1, -0.05) is 31.5 Å². The molecule has 0 spiro atoms. The van der Waals surface area contributed by atoms with Crippen LogP contribution in [0.3, 0.4) is 0 Å². The molecule has 136 valence electrons. The van der Waals surface area contributed by atoms with Crippen LogP contribution in [0.5, 0.6) is 0 Å². The Balaban J connectivity index is 1.83. The SMILES string of the molecule is CCCCn1nc(NC(=O)c2cccnc2)c2cc3cccc(C)c3nc21.